The Bertz CT molecular complexity index is 222. The van der Waals surface area contributed by atoms with Crippen molar-refractivity contribution in [2.24, 2.45) is 11.1 Å². The molecule has 1 unspecified atom stereocenters. The Kier molecular flexibility index (Phi) is 4.00. The van der Waals surface area contributed by atoms with Crippen LogP contribution in [-0.4, -0.2) is 17.1 Å². The van der Waals surface area contributed by atoms with Gasteiger partial charge in [-0.3, -0.25) is 4.79 Å². The molecule has 13 heavy (non-hydrogen) atoms. The third kappa shape index (κ3) is 3.98. The van der Waals surface area contributed by atoms with Gasteiger partial charge in [0.1, 0.15) is 6.04 Å². The number of carboxylic acid groups (broad SMARTS) is 1. The molecule has 5 heteroatoms. The summed E-state index contributed by atoms with van der Waals surface area (Å²) in [6.07, 6.45) is -1.18. The Morgan fingerprint density at radius 3 is 2.38 bits per heavy atom. The van der Waals surface area contributed by atoms with Crippen molar-refractivity contribution in [3.05, 3.63) is 12.2 Å². The van der Waals surface area contributed by atoms with Crippen molar-refractivity contribution < 1.29 is 18.7 Å². The van der Waals surface area contributed by atoms with E-state index in [1.54, 1.807) is 0 Å². The SMILES string of the molecule is CC(C)(CC=C(F)F)C(N)C(=O)O. The fraction of sp³-hybridized carbons (Fsp3) is 0.625. The van der Waals surface area contributed by atoms with Gasteiger partial charge in [0.05, 0.1) is 0 Å². The lowest BCUT2D eigenvalue weighted by Gasteiger charge is -2.26. The maximum Gasteiger partial charge on any atom is 0.321 e. The van der Waals surface area contributed by atoms with Crippen LogP contribution in [0.2, 0.25) is 0 Å². The van der Waals surface area contributed by atoms with Crippen molar-refractivity contribution in [1.82, 2.24) is 0 Å². The number of hydrogen-bond acceptors (Lipinski definition) is 2. The number of halogens is 2. The van der Waals surface area contributed by atoms with E-state index in [4.69, 9.17) is 10.8 Å². The van der Waals surface area contributed by atoms with Crippen molar-refractivity contribution in [2.45, 2.75) is 26.3 Å². The van der Waals surface area contributed by atoms with Gasteiger partial charge in [0.2, 0.25) is 0 Å². The molecule has 0 aromatic rings. The summed E-state index contributed by atoms with van der Waals surface area (Å²) in [4.78, 5) is 10.5. The van der Waals surface area contributed by atoms with Gasteiger partial charge < -0.3 is 10.8 Å². The molecule has 0 fully saturated rings. The molecule has 0 aliphatic heterocycles. The summed E-state index contributed by atoms with van der Waals surface area (Å²) in [5.41, 5.74) is 4.44. The monoisotopic (exact) mass is 193 g/mol. The third-order valence-electron chi connectivity index (χ3n) is 1.89. The van der Waals surface area contributed by atoms with Crippen LogP contribution in [0.5, 0.6) is 0 Å². The highest BCUT2D eigenvalue weighted by molar-refractivity contribution is 5.74. The van der Waals surface area contributed by atoms with Crippen molar-refractivity contribution in [2.75, 3.05) is 0 Å². The van der Waals surface area contributed by atoms with Crippen LogP contribution in [0.4, 0.5) is 8.78 Å². The van der Waals surface area contributed by atoms with Crippen LogP contribution in [0, 0.1) is 5.41 Å². The molecule has 0 heterocycles. The first-order valence-corrected chi connectivity index (χ1v) is 3.77. The molecule has 1 atom stereocenters. The standard InChI is InChI=1S/C8H13F2NO2/c1-8(2,4-3-5(9)10)6(11)7(12)13/h3,6H,4,11H2,1-2H3,(H,12,13). The number of nitrogens with two attached hydrogens (primary N) is 1. The molecule has 0 saturated carbocycles. The average Bonchev–Trinajstić information content (AvgIpc) is 1.99. The Labute approximate surface area is 75.2 Å². The zero-order valence-electron chi connectivity index (χ0n) is 7.55. The first-order valence-electron chi connectivity index (χ1n) is 3.77. The van der Waals surface area contributed by atoms with Gasteiger partial charge in [0.25, 0.3) is 6.08 Å². The zero-order chi connectivity index (χ0) is 10.6. The summed E-state index contributed by atoms with van der Waals surface area (Å²) >= 11 is 0. The van der Waals surface area contributed by atoms with Crippen molar-refractivity contribution in [3.8, 4) is 0 Å². The highest BCUT2D eigenvalue weighted by Gasteiger charge is 2.31. The number of carboxylic acids is 1. The van der Waals surface area contributed by atoms with Gasteiger partial charge in [-0.05, 0) is 17.9 Å². The number of hydrogen-bond donors (Lipinski definition) is 2. The lowest BCUT2D eigenvalue weighted by molar-refractivity contribution is -0.141. The minimum atomic E-state index is -1.81. The predicted molar refractivity (Wildman–Crippen MR) is 44.3 cm³/mol. The van der Waals surface area contributed by atoms with E-state index < -0.39 is 23.5 Å². The van der Waals surface area contributed by atoms with Crippen LogP contribution in [0.3, 0.4) is 0 Å². The molecule has 0 rings (SSSR count). The first-order chi connectivity index (χ1) is 5.77. The summed E-state index contributed by atoms with van der Waals surface area (Å²) in [5.74, 6) is -1.18. The minimum Gasteiger partial charge on any atom is -0.480 e. The third-order valence-corrected chi connectivity index (χ3v) is 1.89. The second kappa shape index (κ2) is 4.32. The van der Waals surface area contributed by atoms with E-state index in [0.717, 1.165) is 0 Å². The number of aliphatic carboxylic acids is 1. The fourth-order valence-electron chi connectivity index (χ4n) is 0.801. The van der Waals surface area contributed by atoms with Gasteiger partial charge in [-0.2, -0.15) is 8.78 Å². The molecule has 0 bridgehead atoms. The van der Waals surface area contributed by atoms with Gasteiger partial charge >= 0.3 is 5.97 Å². The van der Waals surface area contributed by atoms with Gasteiger partial charge in [0, 0.05) is 0 Å². The van der Waals surface area contributed by atoms with E-state index in [-0.39, 0.29) is 6.42 Å². The van der Waals surface area contributed by atoms with Gasteiger partial charge in [-0.25, -0.2) is 0 Å². The van der Waals surface area contributed by atoms with Gasteiger partial charge in [0.15, 0.2) is 0 Å². The Hall–Kier alpha value is -0.970. The van der Waals surface area contributed by atoms with Crippen LogP contribution >= 0.6 is 0 Å². The normalized spacial score (nSPS) is 13.6. The molecule has 0 aliphatic rings. The highest BCUT2D eigenvalue weighted by Crippen LogP contribution is 2.25. The Balaban J connectivity index is 4.39. The topological polar surface area (TPSA) is 63.3 Å². The first kappa shape index (κ1) is 12.0. The highest BCUT2D eigenvalue weighted by atomic mass is 19.3. The summed E-state index contributed by atoms with van der Waals surface area (Å²) in [6, 6.07) is -1.14. The summed E-state index contributed by atoms with van der Waals surface area (Å²) in [7, 11) is 0. The lowest BCUT2D eigenvalue weighted by atomic mass is 9.82. The predicted octanol–water partition coefficient (Wildman–Crippen LogP) is 1.59. The maximum atomic E-state index is 11.7. The number of allylic oxidation sites excluding steroid dienone is 1. The molecule has 0 aromatic heterocycles. The summed E-state index contributed by atoms with van der Waals surface area (Å²) in [6.45, 7) is 3.07. The van der Waals surface area contributed by atoms with Gasteiger partial charge in [-0.1, -0.05) is 13.8 Å². The summed E-state index contributed by atoms with van der Waals surface area (Å²) < 4.78 is 23.4. The van der Waals surface area contributed by atoms with E-state index >= 15 is 0 Å². The Morgan fingerprint density at radius 1 is 1.62 bits per heavy atom. The molecule has 0 aliphatic carbocycles. The molecular formula is C8H13F2NO2. The van der Waals surface area contributed by atoms with Crippen LogP contribution in [-0.2, 0) is 4.79 Å². The van der Waals surface area contributed by atoms with E-state index in [0.29, 0.717) is 6.08 Å². The van der Waals surface area contributed by atoms with Crippen LogP contribution in [0.15, 0.2) is 12.2 Å². The van der Waals surface area contributed by atoms with E-state index in [1.165, 1.54) is 13.8 Å². The van der Waals surface area contributed by atoms with Crippen LogP contribution in [0.1, 0.15) is 20.3 Å². The summed E-state index contributed by atoms with van der Waals surface area (Å²) in [5, 5.41) is 8.55. The van der Waals surface area contributed by atoms with E-state index in [2.05, 4.69) is 0 Å². The molecule has 0 spiro atoms. The second-order valence-electron chi connectivity index (χ2n) is 3.50. The molecule has 0 saturated heterocycles. The molecule has 3 nitrogen and oxygen atoms in total. The largest absolute Gasteiger partial charge is 0.480 e. The quantitative estimate of drug-likeness (QED) is 0.712. The fourth-order valence-corrected chi connectivity index (χ4v) is 0.801. The van der Waals surface area contributed by atoms with Crippen LogP contribution in [0.25, 0.3) is 0 Å². The van der Waals surface area contributed by atoms with Crippen molar-refractivity contribution in [3.63, 3.8) is 0 Å². The maximum absolute atomic E-state index is 11.7. The molecule has 76 valence electrons. The van der Waals surface area contributed by atoms with E-state index in [1.807, 2.05) is 0 Å². The lowest BCUT2D eigenvalue weighted by Crippen LogP contribution is -2.43. The Morgan fingerprint density at radius 2 is 2.08 bits per heavy atom. The smallest absolute Gasteiger partial charge is 0.321 e. The van der Waals surface area contributed by atoms with Gasteiger partial charge in [-0.15, -0.1) is 0 Å². The molecule has 0 amide bonds. The second-order valence-corrected chi connectivity index (χ2v) is 3.50. The van der Waals surface area contributed by atoms with Crippen molar-refractivity contribution in [1.29, 1.82) is 0 Å². The zero-order valence-corrected chi connectivity index (χ0v) is 7.55. The molecule has 0 aromatic carbocycles. The van der Waals surface area contributed by atoms with Crippen molar-refractivity contribution >= 4 is 5.97 Å². The van der Waals surface area contributed by atoms with Crippen LogP contribution < -0.4 is 5.73 Å². The average molecular weight is 193 g/mol. The van der Waals surface area contributed by atoms with E-state index in [9.17, 15) is 13.6 Å². The molecular weight excluding hydrogens is 180 g/mol. The molecule has 3 N–H and O–H groups in total. The molecule has 0 radical (unpaired) electrons. The number of rotatable bonds is 4. The minimum absolute atomic E-state index is 0.0528. The number of carbonyl (C=O) groups is 1.